The molecule has 1 atom stereocenters. The number of carbonyl (C=O) groups excluding carboxylic acids is 1. The SMILES string of the molecule is COc1ccc(N(CC(=O)NC(C)CC(C)(C)c2ccccc2)S(=O)(=O)c2ccc(C)c([N+](=O)[O-])c2)cc1. The van der Waals surface area contributed by atoms with Crippen molar-refractivity contribution in [3.63, 3.8) is 0 Å². The number of hydrogen-bond acceptors (Lipinski definition) is 6. The Morgan fingerprint density at radius 3 is 2.29 bits per heavy atom. The number of benzene rings is 3. The molecule has 0 fully saturated rings. The molecule has 3 aromatic carbocycles. The molecule has 1 unspecified atom stereocenters. The third-order valence-corrected chi connectivity index (χ3v) is 8.16. The van der Waals surface area contributed by atoms with Crippen LogP contribution in [0.25, 0.3) is 0 Å². The fourth-order valence-electron chi connectivity index (χ4n) is 4.41. The number of nitro benzene ring substituents is 1. The first-order chi connectivity index (χ1) is 17.8. The third kappa shape index (κ3) is 6.69. The number of anilines is 1. The van der Waals surface area contributed by atoms with E-state index in [9.17, 15) is 23.3 Å². The summed E-state index contributed by atoms with van der Waals surface area (Å²) >= 11 is 0. The third-order valence-electron chi connectivity index (χ3n) is 6.39. The minimum Gasteiger partial charge on any atom is -0.497 e. The summed E-state index contributed by atoms with van der Waals surface area (Å²) in [4.78, 5) is 23.7. The molecule has 0 aliphatic heterocycles. The average Bonchev–Trinajstić information content (AvgIpc) is 2.87. The van der Waals surface area contributed by atoms with Gasteiger partial charge >= 0.3 is 0 Å². The first kappa shape index (κ1) is 28.6. The predicted octanol–water partition coefficient (Wildman–Crippen LogP) is 4.98. The largest absolute Gasteiger partial charge is 0.497 e. The van der Waals surface area contributed by atoms with Crippen molar-refractivity contribution in [2.45, 2.75) is 50.5 Å². The standard InChI is InChI=1S/C28H33N3O6S/c1-20-11-16-25(17-26(20)31(33)34)38(35,36)30(23-12-14-24(37-5)15-13-23)19-27(32)29-21(2)18-28(3,4)22-9-7-6-8-10-22/h6-17,21H,18-19H2,1-5H3,(H,29,32). The highest BCUT2D eigenvalue weighted by Gasteiger charge is 2.30. The quantitative estimate of drug-likeness (QED) is 0.271. The van der Waals surface area contributed by atoms with Gasteiger partial charge in [-0.1, -0.05) is 50.2 Å². The Hall–Kier alpha value is -3.92. The molecule has 202 valence electrons. The minimum absolute atomic E-state index is 0.224. The van der Waals surface area contributed by atoms with Gasteiger partial charge in [-0.05, 0) is 61.6 Å². The number of hydrogen-bond donors (Lipinski definition) is 1. The zero-order valence-electron chi connectivity index (χ0n) is 22.2. The summed E-state index contributed by atoms with van der Waals surface area (Å²) in [6.07, 6.45) is 0.627. The Morgan fingerprint density at radius 1 is 1.08 bits per heavy atom. The summed E-state index contributed by atoms with van der Waals surface area (Å²) in [5, 5.41) is 14.4. The molecule has 0 saturated carbocycles. The van der Waals surface area contributed by atoms with E-state index < -0.39 is 27.4 Å². The number of sulfonamides is 1. The lowest BCUT2D eigenvalue weighted by Gasteiger charge is -2.30. The zero-order chi connectivity index (χ0) is 28.1. The molecule has 1 N–H and O–H groups in total. The molecule has 0 radical (unpaired) electrons. The van der Waals surface area contributed by atoms with Crippen molar-refractivity contribution in [1.29, 1.82) is 0 Å². The molecule has 0 bridgehead atoms. The van der Waals surface area contributed by atoms with Gasteiger partial charge in [0.25, 0.3) is 15.7 Å². The number of nitrogens with one attached hydrogen (secondary N) is 1. The van der Waals surface area contributed by atoms with Crippen LogP contribution >= 0.6 is 0 Å². The summed E-state index contributed by atoms with van der Waals surface area (Å²) in [6.45, 7) is 7.07. The van der Waals surface area contributed by atoms with Gasteiger partial charge in [-0.15, -0.1) is 0 Å². The van der Waals surface area contributed by atoms with Gasteiger partial charge in [0.1, 0.15) is 12.3 Å². The van der Waals surface area contributed by atoms with Crippen LogP contribution < -0.4 is 14.4 Å². The number of ether oxygens (including phenoxy) is 1. The van der Waals surface area contributed by atoms with E-state index in [-0.39, 0.29) is 27.7 Å². The molecule has 0 aliphatic carbocycles. The van der Waals surface area contributed by atoms with Gasteiger partial charge in [0.05, 0.1) is 22.6 Å². The molecule has 9 nitrogen and oxygen atoms in total. The topological polar surface area (TPSA) is 119 Å². The highest BCUT2D eigenvalue weighted by atomic mass is 32.2. The van der Waals surface area contributed by atoms with E-state index in [1.165, 1.54) is 38.3 Å². The molecule has 0 heterocycles. The normalized spacial score (nSPS) is 12.4. The van der Waals surface area contributed by atoms with Crippen LogP contribution in [-0.4, -0.2) is 38.9 Å². The van der Waals surface area contributed by atoms with Crippen molar-refractivity contribution in [1.82, 2.24) is 5.32 Å². The Morgan fingerprint density at radius 2 is 1.71 bits per heavy atom. The first-order valence-corrected chi connectivity index (χ1v) is 13.6. The number of aryl methyl sites for hydroxylation is 1. The fraction of sp³-hybridized carbons (Fsp3) is 0.321. The zero-order valence-corrected chi connectivity index (χ0v) is 23.0. The maximum atomic E-state index is 13.7. The van der Waals surface area contributed by atoms with E-state index in [4.69, 9.17) is 4.74 Å². The minimum atomic E-state index is -4.33. The summed E-state index contributed by atoms with van der Waals surface area (Å²) in [5.41, 5.74) is 1.14. The molecule has 1 amide bonds. The van der Waals surface area contributed by atoms with E-state index >= 15 is 0 Å². The lowest BCUT2D eigenvalue weighted by Crippen LogP contribution is -2.45. The lowest BCUT2D eigenvalue weighted by molar-refractivity contribution is -0.385. The molecule has 3 aromatic rings. The molecule has 38 heavy (non-hydrogen) atoms. The molecule has 10 heteroatoms. The van der Waals surface area contributed by atoms with Crippen LogP contribution in [0.1, 0.15) is 38.3 Å². The summed E-state index contributed by atoms with van der Waals surface area (Å²) in [7, 11) is -2.84. The van der Waals surface area contributed by atoms with E-state index in [1.807, 2.05) is 37.3 Å². The van der Waals surface area contributed by atoms with E-state index in [2.05, 4.69) is 19.2 Å². The fourth-order valence-corrected chi connectivity index (χ4v) is 5.85. The molecular formula is C28H33N3O6S. The van der Waals surface area contributed by atoms with Crippen LogP contribution in [-0.2, 0) is 20.2 Å². The van der Waals surface area contributed by atoms with Gasteiger partial charge < -0.3 is 10.1 Å². The Labute approximate surface area is 223 Å². The number of rotatable bonds is 11. The second kappa shape index (κ2) is 11.6. The maximum Gasteiger partial charge on any atom is 0.273 e. The Balaban J connectivity index is 1.89. The number of amides is 1. The van der Waals surface area contributed by atoms with Gasteiger partial charge in [0.15, 0.2) is 0 Å². The molecule has 0 spiro atoms. The highest BCUT2D eigenvalue weighted by molar-refractivity contribution is 7.92. The van der Waals surface area contributed by atoms with Crippen LogP contribution in [0.2, 0.25) is 0 Å². The van der Waals surface area contributed by atoms with Gasteiger partial charge in [0.2, 0.25) is 5.91 Å². The van der Waals surface area contributed by atoms with Gasteiger partial charge in [-0.3, -0.25) is 19.2 Å². The van der Waals surface area contributed by atoms with E-state index in [1.54, 1.807) is 12.1 Å². The predicted molar refractivity (Wildman–Crippen MR) is 147 cm³/mol. The molecular weight excluding hydrogens is 506 g/mol. The van der Waals surface area contributed by atoms with Crippen LogP contribution in [0, 0.1) is 17.0 Å². The van der Waals surface area contributed by atoms with Crippen molar-refractivity contribution in [2.24, 2.45) is 0 Å². The van der Waals surface area contributed by atoms with E-state index in [0.717, 1.165) is 15.9 Å². The van der Waals surface area contributed by atoms with Crippen LogP contribution in [0.15, 0.2) is 77.7 Å². The highest BCUT2D eigenvalue weighted by Crippen LogP contribution is 2.30. The summed E-state index contributed by atoms with van der Waals surface area (Å²) in [6, 6.07) is 19.6. The number of carbonyl (C=O) groups is 1. The van der Waals surface area contributed by atoms with E-state index in [0.29, 0.717) is 17.7 Å². The molecule has 0 aromatic heterocycles. The van der Waals surface area contributed by atoms with Crippen molar-refractivity contribution >= 4 is 27.3 Å². The summed E-state index contributed by atoms with van der Waals surface area (Å²) in [5.74, 6) is 0.0145. The molecule has 3 rings (SSSR count). The molecule has 0 saturated heterocycles. The number of methoxy groups -OCH3 is 1. The molecule has 0 aliphatic rings. The smallest absolute Gasteiger partial charge is 0.273 e. The monoisotopic (exact) mass is 539 g/mol. The number of nitrogens with zero attached hydrogens (tertiary/aromatic N) is 2. The first-order valence-electron chi connectivity index (χ1n) is 12.1. The van der Waals surface area contributed by atoms with Gasteiger partial charge in [0, 0.05) is 17.7 Å². The Bertz CT molecular complexity index is 1390. The summed E-state index contributed by atoms with van der Waals surface area (Å²) < 4.78 is 33.5. The lowest BCUT2D eigenvalue weighted by atomic mass is 9.79. The van der Waals surface area contributed by atoms with Crippen LogP contribution in [0.3, 0.4) is 0 Å². The maximum absolute atomic E-state index is 13.7. The average molecular weight is 540 g/mol. The van der Waals surface area contributed by atoms with Crippen LogP contribution in [0.4, 0.5) is 11.4 Å². The van der Waals surface area contributed by atoms with Crippen molar-refractivity contribution < 1.29 is 22.9 Å². The Kier molecular flexibility index (Phi) is 8.78. The second-order valence-electron chi connectivity index (χ2n) is 9.84. The van der Waals surface area contributed by atoms with Crippen molar-refractivity contribution in [3.05, 3.63) is 94.0 Å². The van der Waals surface area contributed by atoms with Crippen molar-refractivity contribution in [2.75, 3.05) is 18.0 Å². The number of nitro groups is 1. The van der Waals surface area contributed by atoms with Gasteiger partial charge in [-0.25, -0.2) is 8.42 Å². The second-order valence-corrected chi connectivity index (χ2v) is 11.7. The van der Waals surface area contributed by atoms with Crippen LogP contribution in [0.5, 0.6) is 5.75 Å². The van der Waals surface area contributed by atoms with Crippen molar-refractivity contribution in [3.8, 4) is 5.75 Å². The van der Waals surface area contributed by atoms with Gasteiger partial charge in [-0.2, -0.15) is 0 Å².